The number of carboxylic acids is 1. The first-order valence-corrected chi connectivity index (χ1v) is 20.4. The molecule has 5 aromatic rings. The second-order valence-corrected chi connectivity index (χ2v) is 16.9. The molecule has 0 bridgehead atoms. The van der Waals surface area contributed by atoms with E-state index in [2.05, 4.69) is 73.6 Å². The van der Waals surface area contributed by atoms with Gasteiger partial charge in [0.05, 0.1) is 33.7 Å². The van der Waals surface area contributed by atoms with Gasteiger partial charge in [-0.1, -0.05) is 58.1 Å². The third kappa shape index (κ3) is 7.93. The van der Waals surface area contributed by atoms with E-state index in [9.17, 15) is 14.7 Å². The van der Waals surface area contributed by atoms with Gasteiger partial charge in [-0.2, -0.15) is 0 Å². The Morgan fingerprint density at radius 2 is 1.64 bits per heavy atom. The van der Waals surface area contributed by atoms with Crippen molar-refractivity contribution in [3.63, 3.8) is 0 Å². The van der Waals surface area contributed by atoms with Gasteiger partial charge in [0.25, 0.3) is 0 Å². The summed E-state index contributed by atoms with van der Waals surface area (Å²) in [4.78, 5) is 34.9. The maximum absolute atomic E-state index is 12.4. The lowest BCUT2D eigenvalue weighted by molar-refractivity contribution is -0.117. The van der Waals surface area contributed by atoms with E-state index in [0.717, 1.165) is 57.0 Å². The molecular weight excluding hydrogens is 659 g/mol. The van der Waals surface area contributed by atoms with Crippen LogP contribution in [0.15, 0.2) is 42.5 Å². The molecule has 0 spiro atoms. The molecule has 1 aliphatic carbocycles. The van der Waals surface area contributed by atoms with Gasteiger partial charge < -0.3 is 14.6 Å². The number of likely N-dealkylation sites (tertiary alicyclic amines) is 1. The molecule has 50 heavy (non-hydrogen) atoms. The number of carbonyl (C=O) groups is 2. The van der Waals surface area contributed by atoms with Gasteiger partial charge in [0.1, 0.15) is 10.7 Å². The van der Waals surface area contributed by atoms with Crippen LogP contribution in [0.4, 0.5) is 0 Å². The maximum atomic E-state index is 12.4. The molecule has 2 aliphatic rings. The third-order valence-corrected chi connectivity index (χ3v) is 12.7. The van der Waals surface area contributed by atoms with Crippen LogP contribution in [0.3, 0.4) is 0 Å². The summed E-state index contributed by atoms with van der Waals surface area (Å²) < 4.78 is 3.08. The van der Waals surface area contributed by atoms with Gasteiger partial charge in [0.15, 0.2) is 0 Å². The zero-order chi connectivity index (χ0) is 35.4. The minimum Gasteiger partial charge on any atom is -0.477 e. The highest BCUT2D eigenvalue weighted by molar-refractivity contribution is 7.21. The zero-order valence-corrected chi connectivity index (χ0v) is 32.2. The lowest BCUT2D eigenvalue weighted by Crippen LogP contribution is -2.32. The van der Waals surface area contributed by atoms with Crippen LogP contribution in [0.25, 0.3) is 43.6 Å². The van der Waals surface area contributed by atoms with Crippen molar-refractivity contribution in [1.29, 1.82) is 0 Å². The average Bonchev–Trinajstić information content (AvgIpc) is 3.90. The zero-order valence-electron chi connectivity index (χ0n) is 30.5. The Morgan fingerprint density at radius 3 is 2.26 bits per heavy atom. The highest BCUT2D eigenvalue weighted by Gasteiger charge is 2.29. The van der Waals surface area contributed by atoms with Crippen molar-refractivity contribution < 1.29 is 14.7 Å². The Bertz CT molecular complexity index is 1950. The lowest BCUT2D eigenvalue weighted by Gasteiger charge is -2.26. The van der Waals surface area contributed by atoms with Crippen LogP contribution in [0, 0.1) is 13.8 Å². The number of ketones is 1. The molecule has 0 amide bonds. The molecule has 8 heteroatoms. The van der Waals surface area contributed by atoms with E-state index in [-0.39, 0.29) is 12.3 Å². The van der Waals surface area contributed by atoms with Crippen molar-refractivity contribution in [2.45, 2.75) is 124 Å². The van der Waals surface area contributed by atoms with E-state index >= 15 is 0 Å². The predicted octanol–water partition coefficient (Wildman–Crippen LogP) is 11.6. The summed E-state index contributed by atoms with van der Waals surface area (Å²) in [6, 6.07) is 15.5. The van der Waals surface area contributed by atoms with Crippen molar-refractivity contribution >= 4 is 55.5 Å². The van der Waals surface area contributed by atoms with E-state index in [1.165, 1.54) is 103 Å². The van der Waals surface area contributed by atoms with Crippen LogP contribution in [0.2, 0.25) is 0 Å². The largest absolute Gasteiger partial charge is 0.477 e. The van der Waals surface area contributed by atoms with E-state index in [1.807, 2.05) is 0 Å². The predicted molar refractivity (Wildman–Crippen MR) is 211 cm³/mol. The Kier molecular flexibility index (Phi) is 11.9. The molecule has 7 rings (SSSR count). The normalized spacial score (nSPS) is 15.6. The molecule has 1 saturated heterocycles. The van der Waals surface area contributed by atoms with Gasteiger partial charge in [-0.25, -0.2) is 9.78 Å². The second-order valence-electron chi connectivity index (χ2n) is 14.4. The SMILES string of the molecule is CC(=O)Cn1c(-c2ccc3nc(-c4cc(C)sc4C)ccc3c2)c(C2CCCCC2)c2sc(C(=O)O)cc21.CCCC(CCC)N1CCCC1. The van der Waals surface area contributed by atoms with Gasteiger partial charge in [0, 0.05) is 26.7 Å². The van der Waals surface area contributed by atoms with Crippen LogP contribution in [-0.2, 0) is 11.3 Å². The fraction of sp³-hybridized carbons (Fsp3) is 0.500. The number of carboxylic acid groups (broad SMARTS) is 1. The number of aromatic nitrogens is 2. The van der Waals surface area contributed by atoms with E-state index in [4.69, 9.17) is 4.98 Å². The van der Waals surface area contributed by atoms with Crippen molar-refractivity contribution in [1.82, 2.24) is 14.5 Å². The summed E-state index contributed by atoms with van der Waals surface area (Å²) >= 11 is 3.14. The Labute approximate surface area is 305 Å². The lowest BCUT2D eigenvalue weighted by atomic mass is 9.83. The van der Waals surface area contributed by atoms with Gasteiger partial charge in [-0.05, 0) is 120 Å². The monoisotopic (exact) mass is 711 g/mol. The molecule has 2 fully saturated rings. The smallest absolute Gasteiger partial charge is 0.345 e. The van der Waals surface area contributed by atoms with E-state index in [1.54, 1.807) is 24.3 Å². The van der Waals surface area contributed by atoms with E-state index in [0.29, 0.717) is 10.8 Å². The second kappa shape index (κ2) is 16.3. The summed E-state index contributed by atoms with van der Waals surface area (Å²) in [7, 11) is 0. The Balaban J connectivity index is 0.000000306. The summed E-state index contributed by atoms with van der Waals surface area (Å²) in [6.45, 7) is 13.4. The number of rotatable bonds is 11. The molecule has 1 aliphatic heterocycles. The molecule has 1 aromatic carbocycles. The molecule has 266 valence electrons. The number of carbonyl (C=O) groups excluding carboxylic acids is 1. The number of Topliss-reactive ketones (excluding diaryl/α,β-unsaturated/α-hetero) is 1. The molecule has 6 nitrogen and oxygen atoms in total. The van der Waals surface area contributed by atoms with Gasteiger partial charge >= 0.3 is 5.97 Å². The van der Waals surface area contributed by atoms with Crippen molar-refractivity contribution in [3.8, 4) is 22.5 Å². The third-order valence-electron chi connectivity index (χ3n) is 10.6. The van der Waals surface area contributed by atoms with Crippen LogP contribution in [-0.4, -0.2) is 50.4 Å². The molecule has 1 saturated carbocycles. The topological polar surface area (TPSA) is 75.4 Å². The molecule has 1 N–H and O–H groups in total. The maximum Gasteiger partial charge on any atom is 0.345 e. The summed E-state index contributed by atoms with van der Waals surface area (Å²) in [6.07, 6.45) is 14.1. The Hall–Kier alpha value is -3.33. The first-order valence-electron chi connectivity index (χ1n) is 18.8. The number of fused-ring (bicyclic) bond motifs is 2. The molecule has 4 aromatic heterocycles. The summed E-state index contributed by atoms with van der Waals surface area (Å²) in [5.74, 6) is -0.508. The van der Waals surface area contributed by atoms with Crippen molar-refractivity contribution in [2.75, 3.05) is 13.1 Å². The number of thiophene rings is 2. The molecule has 5 heterocycles. The number of pyridine rings is 1. The standard InChI is InChI=1S/C31H30N2O3S2.C11H23N/c1-17(34)16-33-26-15-27(31(35)36)38-30(26)28(20-7-5-4-6-8-20)29(33)22-10-11-24-21(14-22)9-12-25(32-24)23-13-18(2)37-19(23)3;1-3-7-11(8-4-2)12-9-5-6-10-12/h9-15,20H,4-8,16H2,1-3H3,(H,35,36);11H,3-10H2,1-2H3. The van der Waals surface area contributed by atoms with Crippen LogP contribution in [0.5, 0.6) is 0 Å². The minimum absolute atomic E-state index is 0.0509. The number of aryl methyl sites for hydroxylation is 2. The summed E-state index contributed by atoms with van der Waals surface area (Å²) in [5, 5.41) is 10.8. The molecule has 0 atom stereocenters. The van der Waals surface area contributed by atoms with Crippen LogP contribution < -0.4 is 0 Å². The van der Waals surface area contributed by atoms with Crippen LogP contribution in [0.1, 0.15) is 122 Å². The number of aromatic carboxylic acids is 1. The first kappa shape index (κ1) is 36.5. The summed E-state index contributed by atoms with van der Waals surface area (Å²) in [5.41, 5.74) is 7.28. The van der Waals surface area contributed by atoms with Crippen molar-refractivity contribution in [2.24, 2.45) is 0 Å². The quantitative estimate of drug-likeness (QED) is 0.148. The van der Waals surface area contributed by atoms with Gasteiger partial charge in [0.2, 0.25) is 0 Å². The number of nitrogens with zero attached hydrogens (tertiary/aromatic N) is 3. The van der Waals surface area contributed by atoms with Crippen LogP contribution >= 0.6 is 22.7 Å². The fourth-order valence-corrected chi connectivity index (χ4v) is 10.4. The molecule has 0 unspecified atom stereocenters. The fourth-order valence-electron chi connectivity index (χ4n) is 8.31. The number of hydrogen-bond acceptors (Lipinski definition) is 6. The van der Waals surface area contributed by atoms with Crippen molar-refractivity contribution in [3.05, 3.63) is 62.7 Å². The average molecular weight is 712 g/mol. The number of benzene rings is 1. The highest BCUT2D eigenvalue weighted by Crippen LogP contribution is 2.47. The van der Waals surface area contributed by atoms with Gasteiger partial charge in [-0.15, -0.1) is 22.7 Å². The highest BCUT2D eigenvalue weighted by atomic mass is 32.1. The molecule has 0 radical (unpaired) electrons. The Morgan fingerprint density at radius 1 is 0.920 bits per heavy atom. The van der Waals surface area contributed by atoms with E-state index < -0.39 is 5.97 Å². The molecular formula is C42H53N3O3S2. The van der Waals surface area contributed by atoms with Gasteiger partial charge in [-0.3, -0.25) is 4.79 Å². The minimum atomic E-state index is -0.916. The number of hydrogen-bond donors (Lipinski definition) is 1. The first-order chi connectivity index (χ1) is 24.2.